The van der Waals surface area contributed by atoms with E-state index in [1.807, 2.05) is 30.3 Å². The summed E-state index contributed by atoms with van der Waals surface area (Å²) in [4.78, 5) is 15.6. The molecule has 0 aliphatic carbocycles. The third kappa shape index (κ3) is 2.91. The first-order chi connectivity index (χ1) is 10.2. The van der Waals surface area contributed by atoms with Crippen molar-refractivity contribution in [2.75, 3.05) is 0 Å². The Hall–Kier alpha value is -1.91. The molecule has 0 bridgehead atoms. The van der Waals surface area contributed by atoms with Gasteiger partial charge in [-0.25, -0.2) is 4.98 Å². The number of carbonyl (C=O) groups excluding carboxylic acids is 1. The lowest BCUT2D eigenvalue weighted by Crippen LogP contribution is -1.95. The van der Waals surface area contributed by atoms with Crippen molar-refractivity contribution in [3.05, 3.63) is 63.6 Å². The van der Waals surface area contributed by atoms with Gasteiger partial charge in [0.25, 0.3) is 0 Å². The molecule has 104 valence electrons. The first-order valence-electron chi connectivity index (χ1n) is 6.15. The minimum atomic E-state index is 0.243. The summed E-state index contributed by atoms with van der Waals surface area (Å²) < 4.78 is 6.55. The van der Waals surface area contributed by atoms with Crippen molar-refractivity contribution in [3.63, 3.8) is 0 Å². The molecule has 21 heavy (non-hydrogen) atoms. The molecule has 2 aromatic carbocycles. The lowest BCUT2D eigenvalue weighted by atomic mass is 10.1. The van der Waals surface area contributed by atoms with Gasteiger partial charge >= 0.3 is 0 Å². The van der Waals surface area contributed by atoms with E-state index in [0.29, 0.717) is 16.3 Å². The number of benzene rings is 2. The topological polar surface area (TPSA) is 39.2 Å². The number of aldehydes is 1. The average molecular weight is 363 g/mol. The molecule has 3 rings (SSSR count). The Morgan fingerprint density at radius 1 is 1.14 bits per heavy atom. The summed E-state index contributed by atoms with van der Waals surface area (Å²) in [5.41, 5.74) is 1.14. The molecule has 0 amide bonds. The summed E-state index contributed by atoms with van der Waals surface area (Å²) in [7, 11) is 0. The largest absolute Gasteiger partial charge is 0.437 e. The van der Waals surface area contributed by atoms with E-state index in [2.05, 4.69) is 20.9 Å². The molecule has 1 heterocycles. The van der Waals surface area contributed by atoms with Crippen molar-refractivity contribution in [1.82, 2.24) is 4.98 Å². The fourth-order valence-electron chi connectivity index (χ4n) is 1.94. The predicted molar refractivity (Wildman–Crippen MR) is 86.4 cm³/mol. The number of rotatable bonds is 3. The maximum atomic E-state index is 11.2. The third-order valence-electron chi connectivity index (χ3n) is 2.94. The molecule has 0 aliphatic rings. The van der Waals surface area contributed by atoms with Crippen LogP contribution in [0.25, 0.3) is 10.9 Å². The van der Waals surface area contributed by atoms with Gasteiger partial charge in [0.2, 0.25) is 5.88 Å². The van der Waals surface area contributed by atoms with Crippen molar-refractivity contribution < 1.29 is 9.53 Å². The standard InChI is InChI=1S/C16H9BrClNO2/c17-12-5-6-15(13(18)8-12)21-16-11(9-20)7-10-3-1-2-4-14(10)19-16/h1-9H. The van der Waals surface area contributed by atoms with Crippen LogP contribution in [0.2, 0.25) is 5.02 Å². The summed E-state index contributed by atoms with van der Waals surface area (Å²) in [6.07, 6.45) is 0.724. The second-order valence-electron chi connectivity index (χ2n) is 4.37. The number of hydrogen-bond donors (Lipinski definition) is 0. The summed E-state index contributed by atoms with van der Waals surface area (Å²) >= 11 is 9.45. The van der Waals surface area contributed by atoms with E-state index in [4.69, 9.17) is 16.3 Å². The number of pyridine rings is 1. The molecule has 1 aromatic heterocycles. The van der Waals surface area contributed by atoms with Crippen LogP contribution in [0.1, 0.15) is 10.4 Å². The van der Waals surface area contributed by atoms with Gasteiger partial charge in [0.1, 0.15) is 5.75 Å². The lowest BCUT2D eigenvalue weighted by Gasteiger charge is -2.10. The van der Waals surface area contributed by atoms with Crippen LogP contribution in [0.5, 0.6) is 11.6 Å². The number of ether oxygens (including phenoxy) is 1. The van der Waals surface area contributed by atoms with E-state index in [9.17, 15) is 4.79 Å². The van der Waals surface area contributed by atoms with E-state index in [-0.39, 0.29) is 5.88 Å². The second-order valence-corrected chi connectivity index (χ2v) is 5.69. The Morgan fingerprint density at radius 2 is 1.95 bits per heavy atom. The molecule has 3 nitrogen and oxygen atoms in total. The molecular weight excluding hydrogens is 354 g/mol. The molecule has 0 fully saturated rings. The number of para-hydroxylation sites is 1. The van der Waals surface area contributed by atoms with E-state index in [0.717, 1.165) is 21.7 Å². The molecule has 3 aromatic rings. The van der Waals surface area contributed by atoms with Gasteiger partial charge in [0.15, 0.2) is 6.29 Å². The molecule has 0 saturated carbocycles. The molecule has 0 spiro atoms. The van der Waals surface area contributed by atoms with Gasteiger partial charge in [-0.3, -0.25) is 4.79 Å². The van der Waals surface area contributed by atoms with Gasteiger partial charge in [0.05, 0.1) is 16.1 Å². The summed E-state index contributed by atoms with van der Waals surface area (Å²) in [6.45, 7) is 0. The predicted octanol–water partition coefficient (Wildman–Crippen LogP) is 5.26. The van der Waals surface area contributed by atoms with Crippen LogP contribution in [0.4, 0.5) is 0 Å². The Balaban J connectivity index is 2.08. The number of fused-ring (bicyclic) bond motifs is 1. The van der Waals surface area contributed by atoms with Gasteiger partial charge < -0.3 is 4.74 Å². The molecule has 0 N–H and O–H groups in total. The van der Waals surface area contributed by atoms with E-state index >= 15 is 0 Å². The van der Waals surface area contributed by atoms with Crippen molar-refractivity contribution in [2.45, 2.75) is 0 Å². The van der Waals surface area contributed by atoms with Crippen molar-refractivity contribution in [3.8, 4) is 11.6 Å². The van der Waals surface area contributed by atoms with E-state index in [1.165, 1.54) is 0 Å². The summed E-state index contributed by atoms with van der Waals surface area (Å²) in [6, 6.07) is 14.5. The Labute approximate surface area is 134 Å². The SMILES string of the molecule is O=Cc1cc2ccccc2nc1Oc1ccc(Br)cc1Cl. The van der Waals surface area contributed by atoms with Crippen LogP contribution in [0, 0.1) is 0 Å². The normalized spacial score (nSPS) is 10.6. The smallest absolute Gasteiger partial charge is 0.230 e. The number of halogens is 2. The van der Waals surface area contributed by atoms with Crippen LogP contribution in [-0.4, -0.2) is 11.3 Å². The highest BCUT2D eigenvalue weighted by molar-refractivity contribution is 9.10. The number of aromatic nitrogens is 1. The zero-order valence-corrected chi connectivity index (χ0v) is 13.1. The molecule has 0 aliphatic heterocycles. The van der Waals surface area contributed by atoms with Gasteiger partial charge in [-0.05, 0) is 30.3 Å². The quantitative estimate of drug-likeness (QED) is 0.597. The minimum Gasteiger partial charge on any atom is -0.437 e. The highest BCUT2D eigenvalue weighted by Gasteiger charge is 2.11. The highest BCUT2D eigenvalue weighted by atomic mass is 79.9. The molecule has 5 heteroatoms. The molecule has 0 atom stereocenters. The molecular formula is C16H9BrClNO2. The number of hydrogen-bond acceptors (Lipinski definition) is 3. The minimum absolute atomic E-state index is 0.243. The fourth-order valence-corrected chi connectivity index (χ4v) is 2.65. The lowest BCUT2D eigenvalue weighted by molar-refractivity contribution is 0.112. The molecule has 0 saturated heterocycles. The first-order valence-corrected chi connectivity index (χ1v) is 7.32. The second kappa shape index (κ2) is 5.84. The van der Waals surface area contributed by atoms with Crippen LogP contribution in [0.15, 0.2) is 53.0 Å². The first kappa shape index (κ1) is 14.0. The zero-order valence-electron chi connectivity index (χ0n) is 10.7. The Morgan fingerprint density at radius 3 is 2.71 bits per heavy atom. The van der Waals surface area contributed by atoms with Gasteiger partial charge in [0, 0.05) is 9.86 Å². The fraction of sp³-hybridized carbons (Fsp3) is 0. The van der Waals surface area contributed by atoms with Crippen LogP contribution < -0.4 is 4.74 Å². The number of carbonyl (C=O) groups is 1. The van der Waals surface area contributed by atoms with Crippen molar-refractivity contribution in [1.29, 1.82) is 0 Å². The number of nitrogens with zero attached hydrogens (tertiary/aromatic N) is 1. The van der Waals surface area contributed by atoms with Gasteiger partial charge in [-0.15, -0.1) is 0 Å². The zero-order chi connectivity index (χ0) is 14.8. The van der Waals surface area contributed by atoms with Crippen LogP contribution in [-0.2, 0) is 0 Å². The molecule has 0 radical (unpaired) electrons. The maximum absolute atomic E-state index is 11.2. The van der Waals surface area contributed by atoms with Gasteiger partial charge in [-0.2, -0.15) is 0 Å². The highest BCUT2D eigenvalue weighted by Crippen LogP contribution is 2.32. The monoisotopic (exact) mass is 361 g/mol. The van der Waals surface area contributed by atoms with Crippen LogP contribution in [0.3, 0.4) is 0 Å². The van der Waals surface area contributed by atoms with Crippen molar-refractivity contribution in [2.24, 2.45) is 0 Å². The Kier molecular flexibility index (Phi) is 3.90. The van der Waals surface area contributed by atoms with E-state index in [1.54, 1.807) is 18.2 Å². The van der Waals surface area contributed by atoms with E-state index < -0.39 is 0 Å². The van der Waals surface area contributed by atoms with Crippen LogP contribution >= 0.6 is 27.5 Å². The maximum Gasteiger partial charge on any atom is 0.230 e. The average Bonchev–Trinajstić information content (AvgIpc) is 2.49. The summed E-state index contributed by atoms with van der Waals surface area (Å²) in [5, 5.41) is 1.32. The van der Waals surface area contributed by atoms with Crippen molar-refractivity contribution >= 4 is 44.7 Å². The molecule has 0 unspecified atom stereocenters. The van der Waals surface area contributed by atoms with Gasteiger partial charge in [-0.1, -0.05) is 45.7 Å². The summed E-state index contributed by atoms with van der Waals surface area (Å²) in [5.74, 6) is 0.693. The Bertz CT molecular complexity index is 836. The third-order valence-corrected chi connectivity index (χ3v) is 3.73.